The minimum absolute atomic E-state index is 0.125. The van der Waals surface area contributed by atoms with Crippen molar-refractivity contribution in [2.75, 3.05) is 13.1 Å². The van der Waals surface area contributed by atoms with Gasteiger partial charge in [-0.2, -0.15) is 0 Å². The highest BCUT2D eigenvalue weighted by Gasteiger charge is 2.19. The lowest BCUT2D eigenvalue weighted by atomic mass is 9.98. The Labute approximate surface area is 136 Å². The molecule has 1 aromatic heterocycles. The van der Waals surface area contributed by atoms with Crippen molar-refractivity contribution in [1.29, 1.82) is 0 Å². The average molecular weight is 310 g/mol. The van der Waals surface area contributed by atoms with Crippen LogP contribution in [0.4, 0.5) is 0 Å². The topological polar surface area (TPSA) is 66.9 Å². The summed E-state index contributed by atoms with van der Waals surface area (Å²) < 4.78 is 0. The van der Waals surface area contributed by atoms with Crippen LogP contribution in [0.3, 0.4) is 0 Å². The molecule has 2 heterocycles. The van der Waals surface area contributed by atoms with Crippen LogP contribution in [0.25, 0.3) is 0 Å². The first kappa shape index (κ1) is 15.6. The van der Waals surface area contributed by atoms with E-state index in [0.29, 0.717) is 18.0 Å². The Morgan fingerprint density at radius 2 is 2.17 bits per heavy atom. The van der Waals surface area contributed by atoms with Gasteiger partial charge in [-0.25, -0.2) is 9.97 Å². The fourth-order valence-corrected chi connectivity index (χ4v) is 2.85. The highest BCUT2D eigenvalue weighted by atomic mass is 16.1. The summed E-state index contributed by atoms with van der Waals surface area (Å²) in [6.45, 7) is 4.36. The third-order valence-electron chi connectivity index (χ3n) is 4.20. The maximum absolute atomic E-state index is 12.3. The number of aromatic nitrogens is 2. The van der Waals surface area contributed by atoms with Gasteiger partial charge in [0.25, 0.3) is 5.91 Å². The summed E-state index contributed by atoms with van der Waals surface area (Å²) in [5.74, 6) is 1.07. The Morgan fingerprint density at radius 1 is 1.35 bits per heavy atom. The van der Waals surface area contributed by atoms with Gasteiger partial charge in [-0.1, -0.05) is 30.3 Å². The molecule has 1 fully saturated rings. The van der Waals surface area contributed by atoms with Crippen LogP contribution in [0.1, 0.15) is 46.2 Å². The van der Waals surface area contributed by atoms with Crippen LogP contribution >= 0.6 is 0 Å². The smallest absolute Gasteiger partial charge is 0.254 e. The summed E-state index contributed by atoms with van der Waals surface area (Å²) in [5, 5.41) is 6.29. The third kappa shape index (κ3) is 3.93. The Kier molecular flexibility index (Phi) is 4.98. The Hall–Kier alpha value is -2.27. The SMILES string of the molecule is Cc1nc([C@H]2CCCNC2)ncc1C(=O)NCc1ccccc1. The quantitative estimate of drug-likeness (QED) is 0.908. The Bertz CT molecular complexity index is 666. The average Bonchev–Trinajstić information content (AvgIpc) is 2.61. The molecule has 1 saturated heterocycles. The molecule has 0 spiro atoms. The van der Waals surface area contributed by atoms with Crippen molar-refractivity contribution in [3.63, 3.8) is 0 Å². The van der Waals surface area contributed by atoms with Gasteiger partial charge in [0.15, 0.2) is 0 Å². The van der Waals surface area contributed by atoms with Crippen molar-refractivity contribution in [3.8, 4) is 0 Å². The lowest BCUT2D eigenvalue weighted by Crippen LogP contribution is -2.30. The lowest BCUT2D eigenvalue weighted by molar-refractivity contribution is 0.0949. The van der Waals surface area contributed by atoms with Gasteiger partial charge in [-0.3, -0.25) is 4.79 Å². The number of carbonyl (C=O) groups excluding carboxylic acids is 1. The van der Waals surface area contributed by atoms with E-state index in [4.69, 9.17) is 0 Å². The molecule has 0 aliphatic carbocycles. The van der Waals surface area contributed by atoms with Crippen LogP contribution in [-0.4, -0.2) is 29.0 Å². The van der Waals surface area contributed by atoms with Gasteiger partial charge in [-0.15, -0.1) is 0 Å². The normalized spacial score (nSPS) is 17.7. The largest absolute Gasteiger partial charge is 0.348 e. The maximum atomic E-state index is 12.3. The van der Waals surface area contributed by atoms with E-state index in [0.717, 1.165) is 43.0 Å². The fraction of sp³-hybridized carbons (Fsp3) is 0.389. The van der Waals surface area contributed by atoms with Gasteiger partial charge >= 0.3 is 0 Å². The second kappa shape index (κ2) is 7.33. The molecular weight excluding hydrogens is 288 g/mol. The second-order valence-corrected chi connectivity index (χ2v) is 5.94. The molecular formula is C18H22N4O. The number of amides is 1. The number of carbonyl (C=O) groups is 1. The first-order chi connectivity index (χ1) is 11.2. The number of nitrogens with zero attached hydrogens (tertiary/aromatic N) is 2. The molecule has 2 aromatic rings. The van der Waals surface area contributed by atoms with Crippen molar-refractivity contribution in [2.45, 2.75) is 32.2 Å². The van der Waals surface area contributed by atoms with E-state index in [1.54, 1.807) is 6.20 Å². The maximum Gasteiger partial charge on any atom is 0.254 e. The Balaban J connectivity index is 1.66. The number of hydrogen-bond donors (Lipinski definition) is 2. The molecule has 1 aliphatic heterocycles. The van der Waals surface area contributed by atoms with Crippen LogP contribution in [0.15, 0.2) is 36.5 Å². The molecule has 23 heavy (non-hydrogen) atoms. The highest BCUT2D eigenvalue weighted by Crippen LogP contribution is 2.20. The number of aryl methyl sites for hydroxylation is 1. The van der Waals surface area contributed by atoms with E-state index in [9.17, 15) is 4.79 Å². The van der Waals surface area contributed by atoms with E-state index in [1.807, 2.05) is 37.3 Å². The predicted molar refractivity (Wildman–Crippen MR) is 89.2 cm³/mol. The molecule has 1 atom stereocenters. The summed E-state index contributed by atoms with van der Waals surface area (Å²) in [7, 11) is 0. The molecule has 3 rings (SSSR count). The molecule has 1 aromatic carbocycles. The number of hydrogen-bond acceptors (Lipinski definition) is 4. The van der Waals surface area contributed by atoms with Crippen LogP contribution in [0.5, 0.6) is 0 Å². The molecule has 5 nitrogen and oxygen atoms in total. The van der Waals surface area contributed by atoms with Crippen LogP contribution in [-0.2, 0) is 6.54 Å². The van der Waals surface area contributed by atoms with Gasteiger partial charge in [0.05, 0.1) is 11.3 Å². The fourth-order valence-electron chi connectivity index (χ4n) is 2.85. The van der Waals surface area contributed by atoms with Crippen LogP contribution < -0.4 is 10.6 Å². The molecule has 1 aliphatic rings. The monoisotopic (exact) mass is 310 g/mol. The first-order valence-electron chi connectivity index (χ1n) is 8.10. The van der Waals surface area contributed by atoms with E-state index in [-0.39, 0.29) is 5.91 Å². The third-order valence-corrected chi connectivity index (χ3v) is 4.20. The summed E-state index contributed by atoms with van der Waals surface area (Å²) in [5.41, 5.74) is 2.36. The van der Waals surface area contributed by atoms with Gasteiger partial charge in [0.2, 0.25) is 0 Å². The molecule has 0 radical (unpaired) electrons. The Morgan fingerprint density at radius 3 is 2.87 bits per heavy atom. The number of benzene rings is 1. The zero-order valence-corrected chi connectivity index (χ0v) is 13.4. The molecule has 2 N–H and O–H groups in total. The van der Waals surface area contributed by atoms with Gasteiger partial charge < -0.3 is 10.6 Å². The molecule has 0 bridgehead atoms. The lowest BCUT2D eigenvalue weighted by Gasteiger charge is -2.21. The number of nitrogens with one attached hydrogen (secondary N) is 2. The van der Waals surface area contributed by atoms with Gasteiger partial charge in [-0.05, 0) is 31.9 Å². The van der Waals surface area contributed by atoms with Crippen LogP contribution in [0.2, 0.25) is 0 Å². The zero-order chi connectivity index (χ0) is 16.1. The van der Waals surface area contributed by atoms with Crippen molar-refractivity contribution < 1.29 is 4.79 Å². The second-order valence-electron chi connectivity index (χ2n) is 5.94. The summed E-state index contributed by atoms with van der Waals surface area (Å²) in [6.07, 6.45) is 3.91. The van der Waals surface area contributed by atoms with Gasteiger partial charge in [0.1, 0.15) is 5.82 Å². The minimum atomic E-state index is -0.125. The molecule has 0 unspecified atom stereocenters. The van der Waals surface area contributed by atoms with E-state index >= 15 is 0 Å². The molecule has 5 heteroatoms. The number of piperidine rings is 1. The standard InChI is InChI=1S/C18H22N4O/c1-13-16(18(23)21-10-14-6-3-2-4-7-14)12-20-17(22-13)15-8-5-9-19-11-15/h2-4,6-7,12,15,19H,5,8-11H2,1H3,(H,21,23)/t15-/m0/s1. The number of rotatable bonds is 4. The van der Waals surface area contributed by atoms with Crippen molar-refractivity contribution in [1.82, 2.24) is 20.6 Å². The molecule has 120 valence electrons. The van der Waals surface area contributed by atoms with Crippen molar-refractivity contribution in [2.24, 2.45) is 0 Å². The van der Waals surface area contributed by atoms with Crippen LogP contribution in [0, 0.1) is 6.92 Å². The summed E-state index contributed by atoms with van der Waals surface area (Å²) in [4.78, 5) is 21.3. The zero-order valence-electron chi connectivity index (χ0n) is 13.4. The first-order valence-corrected chi connectivity index (χ1v) is 8.10. The molecule has 0 saturated carbocycles. The van der Waals surface area contributed by atoms with E-state index < -0.39 is 0 Å². The van der Waals surface area contributed by atoms with Crippen molar-refractivity contribution in [3.05, 3.63) is 59.2 Å². The van der Waals surface area contributed by atoms with E-state index in [2.05, 4.69) is 20.6 Å². The highest BCUT2D eigenvalue weighted by molar-refractivity contribution is 5.94. The van der Waals surface area contributed by atoms with Crippen molar-refractivity contribution >= 4 is 5.91 Å². The summed E-state index contributed by atoms with van der Waals surface area (Å²) in [6, 6.07) is 9.86. The van der Waals surface area contributed by atoms with E-state index in [1.165, 1.54) is 0 Å². The minimum Gasteiger partial charge on any atom is -0.348 e. The predicted octanol–water partition coefficient (Wildman–Crippen LogP) is 2.18. The molecule has 1 amide bonds. The van der Waals surface area contributed by atoms with Gasteiger partial charge in [0, 0.05) is 25.2 Å². The summed E-state index contributed by atoms with van der Waals surface area (Å²) >= 11 is 0.